The second-order valence-corrected chi connectivity index (χ2v) is 6.19. The van der Waals surface area contributed by atoms with Crippen LogP contribution in [0.2, 0.25) is 0 Å². The van der Waals surface area contributed by atoms with E-state index in [-0.39, 0.29) is 12.6 Å². The van der Waals surface area contributed by atoms with Crippen LogP contribution in [0.4, 0.5) is 0 Å². The molecule has 0 unspecified atom stereocenters. The Morgan fingerprint density at radius 3 is 1.72 bits per heavy atom. The summed E-state index contributed by atoms with van der Waals surface area (Å²) < 4.78 is 29.0. The van der Waals surface area contributed by atoms with Crippen LogP contribution in [0, 0.1) is 23.7 Å². The van der Waals surface area contributed by atoms with E-state index in [9.17, 15) is 0 Å². The van der Waals surface area contributed by atoms with E-state index >= 15 is 0 Å². The van der Waals surface area contributed by atoms with E-state index in [2.05, 4.69) is 0 Å². The molecule has 5 nitrogen and oxygen atoms in total. The van der Waals surface area contributed by atoms with E-state index in [4.69, 9.17) is 23.7 Å². The van der Waals surface area contributed by atoms with E-state index in [1.165, 1.54) is 0 Å². The fraction of sp³-hybridized carbons (Fsp3) is 1.00. The fourth-order valence-corrected chi connectivity index (χ4v) is 4.96. The van der Waals surface area contributed by atoms with Crippen LogP contribution < -0.4 is 0 Å². The van der Waals surface area contributed by atoms with Crippen molar-refractivity contribution in [1.29, 1.82) is 0 Å². The molecule has 3 aliphatic heterocycles. The highest BCUT2D eigenvalue weighted by Gasteiger charge is 2.77. The van der Waals surface area contributed by atoms with Crippen LogP contribution in [0.5, 0.6) is 0 Å². The number of hydrogen-bond acceptors (Lipinski definition) is 5. The molecule has 0 bridgehead atoms. The van der Waals surface area contributed by atoms with Crippen molar-refractivity contribution >= 4 is 0 Å². The van der Waals surface area contributed by atoms with Crippen LogP contribution in [-0.2, 0) is 23.7 Å². The Bertz CT molecular complexity index is 354. The molecule has 0 amide bonds. The van der Waals surface area contributed by atoms with Crippen molar-refractivity contribution < 1.29 is 23.7 Å². The van der Waals surface area contributed by atoms with Crippen molar-refractivity contribution in [3.8, 4) is 0 Å². The Labute approximate surface area is 107 Å². The van der Waals surface area contributed by atoms with Gasteiger partial charge in [-0.05, 0) is 20.3 Å². The molecule has 8 atom stereocenters. The Kier molecular flexibility index (Phi) is 2.11. The molecule has 0 aromatic carbocycles. The summed E-state index contributed by atoms with van der Waals surface area (Å²) in [7, 11) is 3.40. The molecule has 102 valence electrons. The standard InChI is InChI=1S/C13H20O5/c1-12-8-6(10(14-3)16-12)5-7-9(8)13(2,18-12)17-11(7)15-4/h6-11H,5H2,1-4H3/t6-,7+,8-,9-,10-,11+,12+,13-/m1/s1. The lowest BCUT2D eigenvalue weighted by Crippen LogP contribution is -2.37. The molecular weight excluding hydrogens is 236 g/mol. The van der Waals surface area contributed by atoms with Gasteiger partial charge in [-0.2, -0.15) is 0 Å². The van der Waals surface area contributed by atoms with Crippen LogP contribution in [0.1, 0.15) is 20.3 Å². The molecule has 0 aromatic rings. The molecule has 18 heavy (non-hydrogen) atoms. The third-order valence-corrected chi connectivity index (χ3v) is 5.33. The first-order valence-corrected chi connectivity index (χ1v) is 6.64. The Balaban J connectivity index is 1.76. The highest BCUT2D eigenvalue weighted by Crippen LogP contribution is 2.69. The van der Waals surface area contributed by atoms with Gasteiger partial charge in [0.05, 0.1) is 0 Å². The minimum absolute atomic E-state index is 0.160. The maximum atomic E-state index is 6.14. The summed E-state index contributed by atoms with van der Waals surface area (Å²) >= 11 is 0. The molecule has 1 aliphatic carbocycles. The van der Waals surface area contributed by atoms with E-state index in [1.807, 2.05) is 13.8 Å². The van der Waals surface area contributed by atoms with Crippen LogP contribution in [-0.4, -0.2) is 38.4 Å². The minimum atomic E-state index is -0.571. The van der Waals surface area contributed by atoms with Gasteiger partial charge in [-0.1, -0.05) is 0 Å². The van der Waals surface area contributed by atoms with E-state index in [0.29, 0.717) is 23.7 Å². The normalized spacial score (nSPS) is 64.7. The fourth-order valence-electron chi connectivity index (χ4n) is 4.96. The molecule has 4 aliphatic rings. The average Bonchev–Trinajstić information content (AvgIpc) is 2.95. The Hall–Kier alpha value is -0.200. The number of methoxy groups -OCH3 is 2. The molecule has 3 saturated heterocycles. The van der Waals surface area contributed by atoms with Crippen molar-refractivity contribution in [1.82, 2.24) is 0 Å². The van der Waals surface area contributed by atoms with Crippen molar-refractivity contribution in [3.63, 3.8) is 0 Å². The zero-order valence-electron chi connectivity index (χ0n) is 11.2. The molecule has 4 rings (SSSR count). The smallest absolute Gasteiger partial charge is 0.175 e. The number of hydrogen-bond donors (Lipinski definition) is 0. The molecule has 0 radical (unpaired) electrons. The second-order valence-electron chi connectivity index (χ2n) is 6.19. The SMILES string of the molecule is CO[C@H]1O[C@]2(C)O[C@]3(C)O[C@@H](OC)[C@@H]4C[C@H]1[C@@H]2[C@@H]43. The summed E-state index contributed by atoms with van der Waals surface area (Å²) in [5, 5.41) is 0. The largest absolute Gasteiger partial charge is 0.355 e. The average molecular weight is 256 g/mol. The van der Waals surface area contributed by atoms with Crippen LogP contribution in [0.15, 0.2) is 0 Å². The molecular formula is C13H20O5. The van der Waals surface area contributed by atoms with Crippen LogP contribution in [0.3, 0.4) is 0 Å². The molecule has 0 N–H and O–H groups in total. The van der Waals surface area contributed by atoms with E-state index < -0.39 is 11.6 Å². The molecule has 4 fully saturated rings. The topological polar surface area (TPSA) is 46.2 Å². The van der Waals surface area contributed by atoms with Crippen LogP contribution >= 0.6 is 0 Å². The Morgan fingerprint density at radius 2 is 1.33 bits per heavy atom. The maximum absolute atomic E-state index is 6.14. The van der Waals surface area contributed by atoms with Gasteiger partial charge in [-0.15, -0.1) is 0 Å². The molecule has 0 aromatic heterocycles. The van der Waals surface area contributed by atoms with Gasteiger partial charge in [0, 0.05) is 37.9 Å². The van der Waals surface area contributed by atoms with Gasteiger partial charge >= 0.3 is 0 Å². The summed E-state index contributed by atoms with van der Waals surface area (Å²) in [6.07, 6.45) is 0.710. The summed E-state index contributed by atoms with van der Waals surface area (Å²) in [4.78, 5) is 0. The molecule has 5 heteroatoms. The van der Waals surface area contributed by atoms with Gasteiger partial charge in [-0.3, -0.25) is 0 Å². The first kappa shape index (κ1) is 11.6. The third kappa shape index (κ3) is 1.11. The first-order valence-electron chi connectivity index (χ1n) is 6.64. The van der Waals surface area contributed by atoms with Crippen molar-refractivity contribution in [2.75, 3.05) is 14.2 Å². The highest BCUT2D eigenvalue weighted by molar-refractivity contribution is 5.14. The third-order valence-electron chi connectivity index (χ3n) is 5.33. The van der Waals surface area contributed by atoms with Gasteiger partial charge in [0.15, 0.2) is 24.2 Å². The van der Waals surface area contributed by atoms with E-state index in [0.717, 1.165) is 6.42 Å². The van der Waals surface area contributed by atoms with E-state index in [1.54, 1.807) is 14.2 Å². The predicted molar refractivity (Wildman–Crippen MR) is 60.2 cm³/mol. The van der Waals surface area contributed by atoms with Crippen molar-refractivity contribution in [2.24, 2.45) is 23.7 Å². The van der Waals surface area contributed by atoms with Gasteiger partial charge in [-0.25, -0.2) is 0 Å². The summed E-state index contributed by atoms with van der Waals surface area (Å²) in [6, 6.07) is 0. The lowest BCUT2D eigenvalue weighted by Gasteiger charge is -2.30. The maximum Gasteiger partial charge on any atom is 0.175 e. The Morgan fingerprint density at radius 1 is 0.889 bits per heavy atom. The molecule has 0 spiro atoms. The molecule has 1 saturated carbocycles. The summed E-state index contributed by atoms with van der Waals surface area (Å²) in [5.74, 6) is 0.322. The molecule has 3 heterocycles. The van der Waals surface area contributed by atoms with Gasteiger partial charge in [0.25, 0.3) is 0 Å². The lowest BCUT2D eigenvalue weighted by molar-refractivity contribution is -0.345. The van der Waals surface area contributed by atoms with Crippen molar-refractivity contribution in [3.05, 3.63) is 0 Å². The quantitative estimate of drug-likeness (QED) is 0.745. The highest BCUT2D eigenvalue weighted by atomic mass is 16.9. The summed E-state index contributed by atoms with van der Waals surface area (Å²) in [5.41, 5.74) is 0. The van der Waals surface area contributed by atoms with Gasteiger partial charge in [0.1, 0.15) is 0 Å². The number of ether oxygens (including phenoxy) is 5. The zero-order valence-corrected chi connectivity index (χ0v) is 11.2. The second kappa shape index (κ2) is 3.27. The first-order chi connectivity index (χ1) is 8.52. The monoisotopic (exact) mass is 256 g/mol. The van der Waals surface area contributed by atoms with Crippen LogP contribution in [0.25, 0.3) is 0 Å². The lowest BCUT2D eigenvalue weighted by atomic mass is 9.83. The van der Waals surface area contributed by atoms with Gasteiger partial charge in [0.2, 0.25) is 0 Å². The van der Waals surface area contributed by atoms with Gasteiger partial charge < -0.3 is 23.7 Å². The minimum Gasteiger partial charge on any atom is -0.355 e. The van der Waals surface area contributed by atoms with Crippen molar-refractivity contribution in [2.45, 2.75) is 44.4 Å². The number of rotatable bonds is 2. The zero-order chi connectivity index (χ0) is 12.7. The predicted octanol–water partition coefficient (Wildman–Crippen LogP) is 1.32. The summed E-state index contributed by atoms with van der Waals surface area (Å²) in [6.45, 7) is 4.03.